The molecule has 0 aliphatic carbocycles. The van der Waals surface area contributed by atoms with Gasteiger partial charge in [0.2, 0.25) is 14.2 Å². The van der Waals surface area contributed by atoms with E-state index in [0.717, 1.165) is 46.7 Å². The van der Waals surface area contributed by atoms with Crippen LogP contribution in [0.2, 0.25) is 36.3 Å². The van der Waals surface area contributed by atoms with Gasteiger partial charge in [0.1, 0.15) is 5.75 Å². The summed E-state index contributed by atoms with van der Waals surface area (Å²) in [7, 11) is -4.25. The third-order valence-electron chi connectivity index (χ3n) is 9.62. The molecule has 0 unspecified atom stereocenters. The molecule has 0 saturated carbocycles. The van der Waals surface area contributed by atoms with E-state index in [2.05, 4.69) is 77.3 Å². The normalized spacial score (nSPS) is 12.6. The third kappa shape index (κ3) is 9.24. The molecule has 8 heteroatoms. The maximum absolute atomic E-state index is 13.2. The van der Waals surface area contributed by atoms with E-state index in [1.54, 1.807) is 6.20 Å². The molecule has 1 amide bonds. The number of hydrogen-bond acceptors (Lipinski definition) is 5. The molecule has 0 spiro atoms. The Hall–Kier alpha value is -3.60. The summed E-state index contributed by atoms with van der Waals surface area (Å²) in [5, 5.41) is 3.01. The molecule has 0 radical (unpaired) electrons. The van der Waals surface area contributed by atoms with Gasteiger partial charge in [0, 0.05) is 5.56 Å². The van der Waals surface area contributed by atoms with Gasteiger partial charge in [-0.15, -0.1) is 0 Å². The highest BCUT2D eigenvalue weighted by molar-refractivity contribution is 6.74. The summed E-state index contributed by atoms with van der Waals surface area (Å²) >= 11 is 0. The summed E-state index contributed by atoms with van der Waals surface area (Å²) in [6.07, 6.45) is 4.19. The van der Waals surface area contributed by atoms with Crippen LogP contribution in [0.3, 0.4) is 0 Å². The van der Waals surface area contributed by atoms with Gasteiger partial charge in [-0.25, -0.2) is 9.97 Å². The standard InChI is InChI=1S/C38H51N3O3Si2/c1-37(2,3)46(8,9)44-32-22-20-31(21-23-32)34-27-39-36(33(40-34)24-19-28-13-11-10-12-14-28)41-35(42)25-29-15-17-30(18-16-29)26-38(4,5)45(6,7)43/h10-18,20-23,27,43H,19,24-26H2,1-9H3,(H,39,41,42). The average molecular weight is 654 g/mol. The highest BCUT2D eigenvalue weighted by Crippen LogP contribution is 2.39. The van der Waals surface area contributed by atoms with E-state index in [4.69, 9.17) is 14.4 Å². The SMILES string of the molecule is CC(C)(Cc1ccc(CC(=O)Nc2ncc(-c3ccc(O[Si](C)(C)C(C)(C)C)cc3)nc2CCc2ccccc2)cc1)[Si](C)(C)O. The molecule has 0 atom stereocenters. The Morgan fingerprint density at radius 1 is 0.804 bits per heavy atom. The van der Waals surface area contributed by atoms with Crippen molar-refractivity contribution in [2.75, 3.05) is 5.32 Å². The summed E-state index contributed by atoms with van der Waals surface area (Å²) < 4.78 is 6.47. The van der Waals surface area contributed by atoms with Crippen molar-refractivity contribution in [1.82, 2.24) is 9.97 Å². The molecular formula is C38H51N3O3Si2. The number of amides is 1. The van der Waals surface area contributed by atoms with Gasteiger partial charge in [-0.05, 0) is 96.5 Å². The second-order valence-corrected chi connectivity index (χ2v) is 24.3. The van der Waals surface area contributed by atoms with Crippen LogP contribution in [0.15, 0.2) is 85.1 Å². The van der Waals surface area contributed by atoms with Crippen LogP contribution in [-0.2, 0) is 30.5 Å². The average Bonchev–Trinajstić information content (AvgIpc) is 2.97. The van der Waals surface area contributed by atoms with E-state index in [1.807, 2.05) is 67.7 Å². The predicted molar refractivity (Wildman–Crippen MR) is 195 cm³/mol. The van der Waals surface area contributed by atoms with Gasteiger partial charge in [-0.3, -0.25) is 4.79 Å². The van der Waals surface area contributed by atoms with Crippen molar-refractivity contribution in [2.45, 2.75) is 96.6 Å². The number of nitrogens with one attached hydrogen (secondary N) is 1. The zero-order chi connectivity index (χ0) is 33.8. The predicted octanol–water partition coefficient (Wildman–Crippen LogP) is 9.01. The Balaban J connectivity index is 1.50. The molecule has 4 rings (SSSR count). The first-order chi connectivity index (χ1) is 21.4. The number of rotatable bonds is 12. The minimum absolute atomic E-state index is 0.116. The fraction of sp³-hybridized carbons (Fsp3) is 0.395. The van der Waals surface area contributed by atoms with E-state index in [1.165, 1.54) is 5.56 Å². The molecular weight excluding hydrogens is 603 g/mol. The monoisotopic (exact) mass is 653 g/mol. The van der Waals surface area contributed by atoms with Gasteiger partial charge >= 0.3 is 0 Å². The van der Waals surface area contributed by atoms with Crippen LogP contribution in [0.25, 0.3) is 11.3 Å². The Kier molecular flexibility index (Phi) is 10.8. The van der Waals surface area contributed by atoms with E-state index in [9.17, 15) is 9.59 Å². The van der Waals surface area contributed by atoms with Crippen molar-refractivity contribution in [1.29, 1.82) is 0 Å². The molecule has 46 heavy (non-hydrogen) atoms. The molecule has 0 aliphatic rings. The molecule has 0 fully saturated rings. The van der Waals surface area contributed by atoms with Crippen LogP contribution in [0, 0.1) is 0 Å². The van der Waals surface area contributed by atoms with E-state index < -0.39 is 16.6 Å². The van der Waals surface area contributed by atoms with Gasteiger partial charge in [0.05, 0.1) is 24.0 Å². The van der Waals surface area contributed by atoms with Crippen LogP contribution < -0.4 is 9.74 Å². The lowest BCUT2D eigenvalue weighted by Gasteiger charge is -2.36. The molecule has 4 aromatic rings. The fourth-order valence-corrected chi connectivity index (χ4v) is 6.43. The van der Waals surface area contributed by atoms with E-state index >= 15 is 0 Å². The van der Waals surface area contributed by atoms with Crippen LogP contribution in [0.1, 0.15) is 57.0 Å². The summed E-state index contributed by atoms with van der Waals surface area (Å²) in [6.45, 7) is 19.4. The number of anilines is 1. The van der Waals surface area contributed by atoms with Gasteiger partial charge in [0.15, 0.2) is 14.1 Å². The molecule has 1 aromatic heterocycles. The lowest BCUT2D eigenvalue weighted by molar-refractivity contribution is -0.115. The van der Waals surface area contributed by atoms with E-state index in [0.29, 0.717) is 12.2 Å². The lowest BCUT2D eigenvalue weighted by atomic mass is 10.00. The minimum atomic E-state index is -2.31. The molecule has 1 heterocycles. The lowest BCUT2D eigenvalue weighted by Crippen LogP contribution is -2.43. The minimum Gasteiger partial charge on any atom is -0.544 e. The molecule has 2 N–H and O–H groups in total. The second-order valence-electron chi connectivity index (χ2n) is 15.1. The molecule has 0 aliphatic heterocycles. The van der Waals surface area contributed by atoms with Crippen molar-refractivity contribution in [3.8, 4) is 17.0 Å². The summed E-state index contributed by atoms with van der Waals surface area (Å²) in [6, 6.07) is 26.5. The van der Waals surface area contributed by atoms with Gasteiger partial charge in [-0.1, -0.05) is 89.2 Å². The smallest absolute Gasteiger partial charge is 0.250 e. The van der Waals surface area contributed by atoms with Crippen LogP contribution >= 0.6 is 0 Å². The highest BCUT2D eigenvalue weighted by Gasteiger charge is 2.39. The first-order valence-corrected chi connectivity index (χ1v) is 22.1. The highest BCUT2D eigenvalue weighted by atomic mass is 28.4. The summed E-state index contributed by atoms with van der Waals surface area (Å²) in [4.78, 5) is 33.6. The fourth-order valence-electron chi connectivity index (χ4n) is 4.76. The molecule has 244 valence electrons. The number of hydrogen-bond donors (Lipinski definition) is 2. The topological polar surface area (TPSA) is 84.3 Å². The number of benzene rings is 3. The Bertz CT molecular complexity index is 1610. The maximum atomic E-state index is 13.2. The van der Waals surface area contributed by atoms with E-state index in [-0.39, 0.29) is 22.4 Å². The number of aryl methyl sites for hydroxylation is 2. The number of carbonyl (C=O) groups is 1. The Morgan fingerprint density at radius 3 is 2.00 bits per heavy atom. The number of carbonyl (C=O) groups excluding carboxylic acids is 1. The molecule has 0 bridgehead atoms. The third-order valence-corrected chi connectivity index (χ3v) is 17.5. The van der Waals surface area contributed by atoms with Crippen LogP contribution in [0.5, 0.6) is 5.75 Å². The zero-order valence-corrected chi connectivity index (χ0v) is 31.1. The molecule has 6 nitrogen and oxygen atoms in total. The van der Waals surface area contributed by atoms with Crippen molar-refractivity contribution >= 4 is 28.4 Å². The van der Waals surface area contributed by atoms with Crippen molar-refractivity contribution in [3.05, 3.63) is 107 Å². The quantitative estimate of drug-likeness (QED) is 0.149. The zero-order valence-electron chi connectivity index (χ0n) is 29.1. The van der Waals surface area contributed by atoms with Gasteiger partial charge in [-0.2, -0.15) is 0 Å². The van der Waals surface area contributed by atoms with Gasteiger partial charge in [0.25, 0.3) is 0 Å². The van der Waals surface area contributed by atoms with Gasteiger partial charge < -0.3 is 14.5 Å². The van der Waals surface area contributed by atoms with Crippen molar-refractivity contribution in [3.63, 3.8) is 0 Å². The largest absolute Gasteiger partial charge is 0.544 e. The van der Waals surface area contributed by atoms with Crippen LogP contribution in [-0.4, -0.2) is 37.3 Å². The maximum Gasteiger partial charge on any atom is 0.250 e. The Labute approximate surface area is 278 Å². The first-order valence-electron chi connectivity index (χ1n) is 16.2. The second kappa shape index (κ2) is 14.0. The molecule has 3 aromatic carbocycles. The first kappa shape index (κ1) is 35.3. The van der Waals surface area contributed by atoms with Crippen molar-refractivity contribution in [2.24, 2.45) is 0 Å². The number of aromatic nitrogens is 2. The Morgan fingerprint density at radius 2 is 1.41 bits per heavy atom. The molecule has 0 saturated heterocycles. The summed E-state index contributed by atoms with van der Waals surface area (Å²) in [5.74, 6) is 1.23. The van der Waals surface area contributed by atoms with Crippen LogP contribution in [0.4, 0.5) is 5.82 Å². The number of nitrogens with zero attached hydrogens (tertiary/aromatic N) is 2. The van der Waals surface area contributed by atoms with Crippen molar-refractivity contribution < 1.29 is 14.0 Å². The summed E-state index contributed by atoms with van der Waals surface area (Å²) in [5.41, 5.74) is 5.75.